The van der Waals surface area contributed by atoms with E-state index in [9.17, 15) is 19.0 Å². The van der Waals surface area contributed by atoms with Crippen molar-refractivity contribution in [3.8, 4) is 0 Å². The Bertz CT molecular complexity index is 2510. The van der Waals surface area contributed by atoms with Crippen LogP contribution in [0, 0.1) is 0 Å². The van der Waals surface area contributed by atoms with Crippen molar-refractivity contribution >= 4 is 19.8 Å². The number of quaternary nitrogens is 1. The number of hydrogen-bond donors (Lipinski definition) is 1. The Morgan fingerprint density at radius 3 is 0.755 bits per heavy atom. The molecule has 0 bridgehead atoms. The van der Waals surface area contributed by atoms with E-state index in [1.165, 1.54) is 173 Å². The minimum atomic E-state index is -4.41. The van der Waals surface area contributed by atoms with Crippen LogP contribution in [-0.2, 0) is 32.7 Å². The normalized spacial score (nSPS) is 14.0. The summed E-state index contributed by atoms with van der Waals surface area (Å²) in [5.41, 5.74) is 0. The van der Waals surface area contributed by atoms with Crippen LogP contribution in [0.25, 0.3) is 0 Å². The van der Waals surface area contributed by atoms with Gasteiger partial charge in [0, 0.05) is 12.8 Å². The molecule has 0 aromatic heterocycles. The lowest BCUT2D eigenvalue weighted by Gasteiger charge is -2.24. The second-order valence-corrected chi connectivity index (χ2v) is 30.9. The van der Waals surface area contributed by atoms with Gasteiger partial charge in [-0.1, -0.05) is 388 Å². The summed E-state index contributed by atoms with van der Waals surface area (Å²) < 4.78 is 34.9. The second kappa shape index (κ2) is 83.9. The van der Waals surface area contributed by atoms with E-state index in [-0.39, 0.29) is 32.0 Å². The van der Waals surface area contributed by atoms with Gasteiger partial charge < -0.3 is 18.9 Å². The lowest BCUT2D eigenvalue weighted by atomic mass is 10.0. The van der Waals surface area contributed by atoms with E-state index in [4.69, 9.17) is 18.5 Å². The lowest BCUT2D eigenvalue weighted by Crippen LogP contribution is -2.37. The van der Waals surface area contributed by atoms with Crippen molar-refractivity contribution in [1.29, 1.82) is 0 Å². The van der Waals surface area contributed by atoms with E-state index in [2.05, 4.69) is 208 Å². The molecule has 2 unspecified atom stereocenters. The van der Waals surface area contributed by atoms with Gasteiger partial charge in [0.05, 0.1) is 27.7 Å². The molecule has 1 N–H and O–H groups in total. The van der Waals surface area contributed by atoms with Gasteiger partial charge in [-0.05, 0) is 141 Å². The molecule has 0 radical (unpaired) electrons. The number of nitrogens with zero attached hydrogens (tertiary/aromatic N) is 1. The fourth-order valence-electron chi connectivity index (χ4n) is 11.6. The Balaban J connectivity index is 3.97. The fraction of sp³-hybridized carbons (Fsp3) is 0.646. The van der Waals surface area contributed by atoms with Gasteiger partial charge >= 0.3 is 19.8 Å². The summed E-state index contributed by atoms with van der Waals surface area (Å²) in [5, 5.41) is 0. The second-order valence-electron chi connectivity index (χ2n) is 29.5. The molecule has 9 nitrogen and oxygen atoms in total. The van der Waals surface area contributed by atoms with Crippen LogP contribution >= 0.6 is 7.82 Å². The largest absolute Gasteiger partial charge is 0.472 e. The molecule has 0 aromatic carbocycles. The molecule has 0 saturated carbocycles. The summed E-state index contributed by atoms with van der Waals surface area (Å²) in [7, 11) is 1.47. The van der Waals surface area contributed by atoms with Gasteiger partial charge in [-0.15, -0.1) is 0 Å². The number of allylic oxidation sites excluding steroid dienone is 32. The molecule has 0 saturated heterocycles. The number of rotatable bonds is 78. The van der Waals surface area contributed by atoms with Gasteiger partial charge in [0.2, 0.25) is 0 Å². The molecular weight excluding hydrogens is 1330 g/mol. The van der Waals surface area contributed by atoms with Crippen molar-refractivity contribution in [3.05, 3.63) is 194 Å². The number of phosphoric ester groups is 1. The zero-order chi connectivity index (χ0) is 76.8. The molecule has 0 aromatic rings. The quantitative estimate of drug-likeness (QED) is 0.0211. The highest BCUT2D eigenvalue weighted by Gasteiger charge is 2.27. The zero-order valence-corrected chi connectivity index (χ0v) is 69.7. The summed E-state index contributed by atoms with van der Waals surface area (Å²) in [5.74, 6) is -0.794. The first-order valence-electron chi connectivity index (χ1n) is 43.2. The molecule has 2 atom stereocenters. The maximum atomic E-state index is 12.9. The Morgan fingerprint density at radius 1 is 0.292 bits per heavy atom. The Hall–Kier alpha value is -5.15. The SMILES string of the molecule is CC/C=C\C/C=C\C/C=C\C/C=C\C/C=C\C/C=C\C/C=C\C/C=C\CCCCCCCCCCCCCCCCCCC(=O)OCC(COP(=O)(O)OCC[N+](C)(C)C)OC(=O)CCCCCCCCCCCCCCCCCC/C=C\C/C=C\C/C=C\C/C=C\C/C=C\C/C=C\C/C=C\C/C=C\CC. The average molecular weight is 1490 g/mol. The number of esters is 2. The van der Waals surface area contributed by atoms with Crippen molar-refractivity contribution in [3.63, 3.8) is 0 Å². The van der Waals surface area contributed by atoms with Crippen LogP contribution in [-0.4, -0.2) is 74.9 Å². The van der Waals surface area contributed by atoms with Gasteiger partial charge in [-0.25, -0.2) is 4.57 Å². The first kappa shape index (κ1) is 101. The smallest absolute Gasteiger partial charge is 0.462 e. The van der Waals surface area contributed by atoms with Crippen LogP contribution in [0.3, 0.4) is 0 Å². The lowest BCUT2D eigenvalue weighted by molar-refractivity contribution is -0.870. The van der Waals surface area contributed by atoms with Crippen molar-refractivity contribution < 1.29 is 42.1 Å². The summed E-state index contributed by atoms with van der Waals surface area (Å²) in [6.45, 7) is 4.22. The molecule has 106 heavy (non-hydrogen) atoms. The molecular formula is C96H161NO8P+. The van der Waals surface area contributed by atoms with Gasteiger partial charge in [-0.2, -0.15) is 0 Å². The standard InChI is InChI=1S/C96H160NO8P/c1-6-8-10-12-14-16-18-20-22-24-26-28-30-32-34-36-38-40-42-44-46-48-50-52-54-56-58-60-62-64-66-68-70-72-74-76-78-80-82-84-86-88-95(98)102-92-94(93-104-106(100,101)103-91-90-97(3,4)5)105-96(99)89-87-85-83-81-79-77-75-73-71-69-67-65-63-61-59-57-55-53-51-49-47-45-43-41-39-37-35-33-31-29-27-25-23-21-19-17-15-13-11-9-7-2/h8-11,14-17,20-23,26-29,32-35,38-41,44-47,50-53,94H,6-7,12-13,18-19,24-25,30-31,36-37,42-43,48-49,54-93H2,1-5H3/p+1/b10-8-,11-9-,16-14-,17-15-,22-20-,23-21-,28-26-,29-27-,34-32-,35-33-,40-38-,41-39-,46-44-,47-45-,52-50-,53-51-. The molecule has 0 amide bonds. The molecule has 10 heteroatoms. The van der Waals surface area contributed by atoms with Crippen molar-refractivity contribution in [1.82, 2.24) is 0 Å². The van der Waals surface area contributed by atoms with Crippen LogP contribution in [0.4, 0.5) is 0 Å². The van der Waals surface area contributed by atoms with E-state index in [1.54, 1.807) is 0 Å². The van der Waals surface area contributed by atoms with Crippen LogP contribution in [0.2, 0.25) is 0 Å². The number of carbonyl (C=O) groups excluding carboxylic acids is 2. The Morgan fingerprint density at radius 2 is 0.509 bits per heavy atom. The third-order valence-electron chi connectivity index (χ3n) is 18.1. The molecule has 602 valence electrons. The predicted octanol–water partition coefficient (Wildman–Crippen LogP) is 29.5. The minimum absolute atomic E-state index is 0.0261. The number of hydrogen-bond acceptors (Lipinski definition) is 7. The van der Waals surface area contributed by atoms with Gasteiger partial charge in [-0.3, -0.25) is 18.6 Å². The number of unbranched alkanes of at least 4 members (excludes halogenated alkanes) is 32. The summed E-state index contributed by atoms with van der Waals surface area (Å²) in [6.07, 6.45) is 130. The molecule has 0 aliphatic heterocycles. The van der Waals surface area contributed by atoms with E-state index in [0.717, 1.165) is 141 Å². The predicted molar refractivity (Wildman–Crippen MR) is 463 cm³/mol. The highest BCUT2D eigenvalue weighted by molar-refractivity contribution is 7.47. The van der Waals surface area contributed by atoms with Gasteiger partial charge in [0.15, 0.2) is 6.10 Å². The van der Waals surface area contributed by atoms with Crippen molar-refractivity contribution in [2.45, 2.75) is 354 Å². The number of likely N-dealkylation sites (N-methyl/N-ethyl adjacent to an activating group) is 1. The first-order valence-corrected chi connectivity index (χ1v) is 44.7. The van der Waals surface area contributed by atoms with E-state index in [0.29, 0.717) is 17.4 Å². The van der Waals surface area contributed by atoms with Crippen LogP contribution in [0.15, 0.2) is 194 Å². The maximum Gasteiger partial charge on any atom is 0.472 e. The van der Waals surface area contributed by atoms with Crippen molar-refractivity contribution in [2.75, 3.05) is 47.5 Å². The molecule has 0 fully saturated rings. The molecule has 0 rings (SSSR count). The topological polar surface area (TPSA) is 108 Å². The maximum absolute atomic E-state index is 12.9. The Kier molecular flexibility index (Phi) is 79.8. The highest BCUT2D eigenvalue weighted by Crippen LogP contribution is 2.43. The van der Waals surface area contributed by atoms with E-state index >= 15 is 0 Å². The van der Waals surface area contributed by atoms with Gasteiger partial charge in [0.1, 0.15) is 19.8 Å². The van der Waals surface area contributed by atoms with Gasteiger partial charge in [0.25, 0.3) is 0 Å². The number of carbonyl (C=O) groups is 2. The molecule has 0 heterocycles. The monoisotopic (exact) mass is 1490 g/mol. The average Bonchev–Trinajstić information content (AvgIpc) is 0.951. The summed E-state index contributed by atoms with van der Waals surface area (Å²) in [4.78, 5) is 36.1. The molecule has 0 aliphatic carbocycles. The fourth-order valence-corrected chi connectivity index (χ4v) is 12.4. The summed E-state index contributed by atoms with van der Waals surface area (Å²) in [6, 6.07) is 0. The zero-order valence-electron chi connectivity index (χ0n) is 68.8. The van der Waals surface area contributed by atoms with E-state index < -0.39 is 26.5 Å². The van der Waals surface area contributed by atoms with Crippen LogP contribution in [0.5, 0.6) is 0 Å². The van der Waals surface area contributed by atoms with Crippen LogP contribution < -0.4 is 0 Å². The van der Waals surface area contributed by atoms with Crippen molar-refractivity contribution in [2.24, 2.45) is 0 Å². The highest BCUT2D eigenvalue weighted by atomic mass is 31.2. The molecule has 0 aliphatic rings. The Labute approximate surface area is 653 Å². The number of phosphoric acid groups is 1. The number of ether oxygens (including phenoxy) is 2. The third kappa shape index (κ3) is 87.8. The van der Waals surface area contributed by atoms with Crippen LogP contribution in [0.1, 0.15) is 348 Å². The first-order chi connectivity index (χ1) is 52.0. The van der Waals surface area contributed by atoms with E-state index in [1.807, 2.05) is 21.1 Å². The summed E-state index contributed by atoms with van der Waals surface area (Å²) >= 11 is 0. The third-order valence-corrected chi connectivity index (χ3v) is 19.1. The molecule has 0 spiro atoms. The minimum Gasteiger partial charge on any atom is -0.462 e.